The number of nitrogens with zero attached hydrogens (tertiary/aromatic N) is 3. The van der Waals surface area contributed by atoms with Crippen LogP contribution < -0.4 is 15.4 Å². The lowest BCUT2D eigenvalue weighted by Gasteiger charge is -2.33. The lowest BCUT2D eigenvalue weighted by molar-refractivity contribution is -0.137. The Morgan fingerprint density at radius 2 is 1.81 bits per heavy atom. The van der Waals surface area contributed by atoms with Crippen molar-refractivity contribution in [2.24, 2.45) is 5.92 Å². The van der Waals surface area contributed by atoms with Crippen LogP contribution in [0.4, 0.5) is 24.8 Å². The van der Waals surface area contributed by atoms with Crippen molar-refractivity contribution in [3.05, 3.63) is 65.9 Å². The smallest absolute Gasteiger partial charge is 0.384 e. The predicted octanol–water partition coefficient (Wildman–Crippen LogP) is 4.49. The lowest BCUT2D eigenvalue weighted by Crippen LogP contribution is -2.41. The van der Waals surface area contributed by atoms with E-state index in [2.05, 4.69) is 16.9 Å². The van der Waals surface area contributed by atoms with Crippen molar-refractivity contribution in [3.8, 4) is 11.1 Å². The number of nitrogen functional groups attached to an aromatic ring is 1. The summed E-state index contributed by atoms with van der Waals surface area (Å²) in [5, 5.41) is -0.427. The van der Waals surface area contributed by atoms with Crippen molar-refractivity contribution in [1.29, 1.82) is 0 Å². The summed E-state index contributed by atoms with van der Waals surface area (Å²) in [7, 11) is -4.37. The molecule has 1 atom stereocenters. The maximum absolute atomic E-state index is 13.4. The minimum absolute atomic E-state index is 0.0326. The number of nitrogens with two attached hydrogens (primary N) is 1. The third kappa shape index (κ3) is 5.53. The Hall–Kier alpha value is -3.67. The quantitative estimate of drug-likeness (QED) is 0.496. The minimum atomic E-state index is -4.49. The molecule has 8 nitrogen and oxygen atoms in total. The van der Waals surface area contributed by atoms with Crippen molar-refractivity contribution < 1.29 is 26.4 Å². The molecule has 1 aliphatic heterocycles. The van der Waals surface area contributed by atoms with E-state index in [0.717, 1.165) is 18.6 Å². The van der Waals surface area contributed by atoms with Gasteiger partial charge < -0.3 is 10.6 Å². The van der Waals surface area contributed by atoms with Crippen LogP contribution in [0.2, 0.25) is 0 Å². The highest BCUT2D eigenvalue weighted by atomic mass is 32.2. The molecule has 196 valence electrons. The molecule has 37 heavy (non-hydrogen) atoms. The van der Waals surface area contributed by atoms with Gasteiger partial charge in [-0.05, 0) is 62.1 Å². The number of carbonyl (C=O) groups excluding carboxylic acids is 1. The van der Waals surface area contributed by atoms with Crippen LogP contribution in [0.1, 0.15) is 43.1 Å². The number of rotatable bonds is 5. The second-order valence-electron chi connectivity index (χ2n) is 9.74. The average Bonchev–Trinajstić information content (AvgIpc) is 3.09. The van der Waals surface area contributed by atoms with Crippen LogP contribution in [0.3, 0.4) is 0 Å². The van der Waals surface area contributed by atoms with Gasteiger partial charge in [-0.25, -0.2) is 14.7 Å². The topological polar surface area (TPSA) is 118 Å². The number of anilines is 2. The number of alkyl halides is 3. The second kappa shape index (κ2) is 9.33. The molecule has 0 saturated carbocycles. The molecule has 0 bridgehead atoms. The fraction of sp³-hybridized carbons (Fsp3) is 0.320. The fourth-order valence-electron chi connectivity index (χ4n) is 4.62. The van der Waals surface area contributed by atoms with Gasteiger partial charge in [-0.3, -0.25) is 4.79 Å². The number of amides is 1. The molecule has 3 N–H and O–H groups in total. The van der Waals surface area contributed by atoms with Crippen molar-refractivity contribution in [2.45, 2.75) is 43.9 Å². The predicted molar refractivity (Wildman–Crippen MR) is 133 cm³/mol. The Bertz CT molecular complexity index is 1440. The van der Waals surface area contributed by atoms with Gasteiger partial charge in [0, 0.05) is 23.8 Å². The molecular weight excluding hydrogens is 507 g/mol. The summed E-state index contributed by atoms with van der Waals surface area (Å²) in [6.45, 7) is 6.64. The van der Waals surface area contributed by atoms with Crippen LogP contribution in [0.25, 0.3) is 11.1 Å². The molecule has 0 spiro atoms. The minimum Gasteiger partial charge on any atom is -0.384 e. The van der Waals surface area contributed by atoms with E-state index in [4.69, 9.17) is 5.73 Å². The molecule has 1 aliphatic rings. The molecule has 1 aromatic carbocycles. The van der Waals surface area contributed by atoms with Crippen LogP contribution in [-0.4, -0.2) is 36.4 Å². The number of benzene rings is 1. The Balaban J connectivity index is 1.77. The van der Waals surface area contributed by atoms with Gasteiger partial charge in [-0.2, -0.15) is 21.6 Å². The maximum atomic E-state index is 13.4. The van der Waals surface area contributed by atoms with Crippen molar-refractivity contribution >= 4 is 27.6 Å². The SMILES string of the molecule is CC1CN(c2ncc(-c3ccc(C(F)(F)F)cc3)cc2C(=O)NS(=O)(=O)c2cccc(N)n2)C(C)(C)C1. The number of sulfonamides is 1. The third-order valence-corrected chi connectivity index (χ3v) is 7.47. The largest absolute Gasteiger partial charge is 0.416 e. The van der Waals surface area contributed by atoms with Gasteiger partial charge in [0.1, 0.15) is 11.6 Å². The average molecular weight is 534 g/mol. The Morgan fingerprint density at radius 1 is 1.14 bits per heavy atom. The molecule has 0 radical (unpaired) electrons. The fourth-order valence-corrected chi connectivity index (χ4v) is 5.56. The number of nitrogens with one attached hydrogen (secondary N) is 1. The van der Waals surface area contributed by atoms with E-state index in [1.807, 2.05) is 23.5 Å². The summed E-state index contributed by atoms with van der Waals surface area (Å²) < 4.78 is 66.8. The maximum Gasteiger partial charge on any atom is 0.416 e. The molecule has 1 unspecified atom stereocenters. The Labute approximate surface area is 212 Å². The summed E-state index contributed by atoms with van der Waals surface area (Å²) in [5.41, 5.74) is 5.11. The first-order valence-corrected chi connectivity index (χ1v) is 12.9. The van der Waals surface area contributed by atoms with Gasteiger partial charge in [0.15, 0.2) is 5.03 Å². The normalized spacial score (nSPS) is 17.6. The zero-order valence-electron chi connectivity index (χ0n) is 20.4. The van der Waals surface area contributed by atoms with Crippen LogP contribution in [0.15, 0.2) is 59.8 Å². The highest BCUT2D eigenvalue weighted by Crippen LogP contribution is 2.38. The van der Waals surface area contributed by atoms with Crippen molar-refractivity contribution in [3.63, 3.8) is 0 Å². The first kappa shape index (κ1) is 26.4. The van der Waals surface area contributed by atoms with Gasteiger partial charge in [-0.15, -0.1) is 0 Å². The molecule has 2 aromatic heterocycles. The van der Waals surface area contributed by atoms with E-state index < -0.39 is 32.7 Å². The number of aromatic nitrogens is 2. The lowest BCUT2D eigenvalue weighted by atomic mass is 9.97. The van der Waals surface area contributed by atoms with E-state index in [9.17, 15) is 26.4 Å². The van der Waals surface area contributed by atoms with Crippen LogP contribution >= 0.6 is 0 Å². The van der Waals surface area contributed by atoms with Gasteiger partial charge in [0.05, 0.1) is 11.1 Å². The van der Waals surface area contributed by atoms with Gasteiger partial charge in [0.2, 0.25) is 0 Å². The second-order valence-corrected chi connectivity index (χ2v) is 11.4. The van der Waals surface area contributed by atoms with Crippen LogP contribution in [0.5, 0.6) is 0 Å². The number of hydrogen-bond donors (Lipinski definition) is 2. The number of hydrogen-bond acceptors (Lipinski definition) is 7. The molecule has 1 fully saturated rings. The first-order valence-electron chi connectivity index (χ1n) is 11.4. The van der Waals surface area contributed by atoms with E-state index >= 15 is 0 Å². The van der Waals surface area contributed by atoms with Crippen molar-refractivity contribution in [2.75, 3.05) is 17.2 Å². The third-order valence-electron chi connectivity index (χ3n) is 6.23. The molecule has 4 rings (SSSR count). The molecule has 1 amide bonds. The summed E-state index contributed by atoms with van der Waals surface area (Å²) in [4.78, 5) is 23.6. The van der Waals surface area contributed by atoms with Crippen LogP contribution in [0, 0.1) is 5.92 Å². The highest BCUT2D eigenvalue weighted by molar-refractivity contribution is 7.90. The first-order chi connectivity index (χ1) is 17.2. The molecule has 1 saturated heterocycles. The van der Waals surface area contributed by atoms with E-state index in [1.165, 1.54) is 42.6 Å². The zero-order valence-corrected chi connectivity index (χ0v) is 21.2. The highest BCUT2D eigenvalue weighted by Gasteiger charge is 2.39. The van der Waals surface area contributed by atoms with Gasteiger partial charge in [-0.1, -0.05) is 25.1 Å². The monoisotopic (exact) mass is 533 g/mol. The molecule has 0 aliphatic carbocycles. The van der Waals surface area contributed by atoms with E-state index in [0.29, 0.717) is 23.6 Å². The van der Waals surface area contributed by atoms with Gasteiger partial charge in [0.25, 0.3) is 15.9 Å². The Morgan fingerprint density at radius 3 is 2.38 bits per heavy atom. The van der Waals surface area contributed by atoms with Gasteiger partial charge >= 0.3 is 6.18 Å². The summed E-state index contributed by atoms with van der Waals surface area (Å²) in [6.07, 6.45) is -2.21. The van der Waals surface area contributed by atoms with Crippen molar-refractivity contribution in [1.82, 2.24) is 14.7 Å². The van der Waals surface area contributed by atoms with Crippen LogP contribution in [-0.2, 0) is 16.2 Å². The molecule has 3 heterocycles. The Kier molecular flexibility index (Phi) is 6.65. The van der Waals surface area contributed by atoms with E-state index in [1.54, 1.807) is 0 Å². The summed E-state index contributed by atoms with van der Waals surface area (Å²) in [5.74, 6) is -0.411. The van der Waals surface area contributed by atoms with E-state index in [-0.39, 0.29) is 22.7 Å². The number of pyridine rings is 2. The standard InChI is InChI=1S/C25H26F3N5O3S/c1-15-12-24(2,3)33(14-15)22-19(23(34)32-37(35,36)21-6-4-5-20(29)31-21)11-17(13-30-22)16-7-9-18(10-8-16)25(26,27)28/h4-11,13,15H,12,14H2,1-3H3,(H2,29,31)(H,32,34). The molecule has 12 heteroatoms. The number of carbonyl (C=O) groups is 1. The zero-order chi connectivity index (χ0) is 27.2. The number of halogens is 3. The molecule has 3 aromatic rings. The summed E-state index contributed by atoms with van der Waals surface area (Å²) >= 11 is 0. The summed E-state index contributed by atoms with van der Waals surface area (Å²) in [6, 6.07) is 9.86. The molecular formula is C25H26F3N5O3S.